The number of rotatable bonds is 4. The molecule has 100 valence electrons. The molecule has 1 heterocycles. The highest BCUT2D eigenvalue weighted by Crippen LogP contribution is 2.17. The number of aliphatic hydroxyl groups excluding tert-OH is 1. The summed E-state index contributed by atoms with van der Waals surface area (Å²) in [7, 11) is 0. The van der Waals surface area contributed by atoms with E-state index in [0.29, 0.717) is 6.04 Å². The third-order valence-electron chi connectivity index (χ3n) is 4.26. The van der Waals surface area contributed by atoms with Gasteiger partial charge in [-0.25, -0.2) is 0 Å². The van der Waals surface area contributed by atoms with Crippen LogP contribution in [0.2, 0.25) is 0 Å². The molecule has 3 nitrogen and oxygen atoms in total. The van der Waals surface area contributed by atoms with E-state index >= 15 is 0 Å². The van der Waals surface area contributed by atoms with Crippen LogP contribution in [-0.2, 0) is 0 Å². The van der Waals surface area contributed by atoms with Gasteiger partial charge in [-0.05, 0) is 38.8 Å². The average molecular weight is 240 g/mol. The Bertz CT molecular complexity index is 204. The van der Waals surface area contributed by atoms with Gasteiger partial charge in [0.05, 0.1) is 6.10 Å². The Labute approximate surface area is 106 Å². The van der Waals surface area contributed by atoms with E-state index < -0.39 is 0 Å². The number of nitrogens with zero attached hydrogens (tertiary/aromatic N) is 1. The molecule has 0 radical (unpaired) electrons. The SMILES string of the molecule is OC1CCCCCC1NCCN1CCCCC1. The minimum atomic E-state index is -0.112. The smallest absolute Gasteiger partial charge is 0.0693 e. The molecule has 3 heteroatoms. The molecule has 17 heavy (non-hydrogen) atoms. The van der Waals surface area contributed by atoms with E-state index in [2.05, 4.69) is 10.2 Å². The fourth-order valence-electron chi connectivity index (χ4n) is 3.12. The Morgan fingerprint density at radius 3 is 2.47 bits per heavy atom. The second-order valence-corrected chi connectivity index (χ2v) is 5.67. The molecule has 2 fully saturated rings. The van der Waals surface area contributed by atoms with Crippen LogP contribution in [0.15, 0.2) is 0 Å². The summed E-state index contributed by atoms with van der Waals surface area (Å²) in [5.74, 6) is 0. The van der Waals surface area contributed by atoms with E-state index in [0.717, 1.165) is 25.9 Å². The first-order chi connectivity index (χ1) is 8.36. The highest BCUT2D eigenvalue weighted by molar-refractivity contribution is 4.79. The Morgan fingerprint density at radius 1 is 0.941 bits per heavy atom. The van der Waals surface area contributed by atoms with Gasteiger partial charge in [-0.3, -0.25) is 0 Å². The van der Waals surface area contributed by atoms with Crippen LogP contribution in [0, 0.1) is 0 Å². The summed E-state index contributed by atoms with van der Waals surface area (Å²) >= 11 is 0. The predicted octanol–water partition coefficient (Wildman–Crippen LogP) is 1.76. The molecule has 2 unspecified atom stereocenters. The third-order valence-corrected chi connectivity index (χ3v) is 4.26. The summed E-state index contributed by atoms with van der Waals surface area (Å²) in [5, 5.41) is 13.6. The van der Waals surface area contributed by atoms with Crippen molar-refractivity contribution in [3.05, 3.63) is 0 Å². The molecule has 0 aromatic carbocycles. The van der Waals surface area contributed by atoms with E-state index in [4.69, 9.17) is 0 Å². The number of piperidine rings is 1. The zero-order chi connectivity index (χ0) is 11.9. The maximum absolute atomic E-state index is 10.0. The first-order valence-corrected chi connectivity index (χ1v) is 7.50. The average Bonchev–Trinajstić information content (AvgIpc) is 2.56. The largest absolute Gasteiger partial charge is 0.392 e. The molecule has 2 N–H and O–H groups in total. The predicted molar refractivity (Wildman–Crippen MR) is 71.2 cm³/mol. The molecule has 1 saturated heterocycles. The molecular formula is C14H28N2O. The Hall–Kier alpha value is -0.120. The van der Waals surface area contributed by atoms with Crippen LogP contribution < -0.4 is 5.32 Å². The molecule has 1 aliphatic heterocycles. The summed E-state index contributed by atoms with van der Waals surface area (Å²) in [5.41, 5.74) is 0. The van der Waals surface area contributed by atoms with Gasteiger partial charge in [-0.2, -0.15) is 0 Å². The zero-order valence-corrected chi connectivity index (χ0v) is 11.0. The van der Waals surface area contributed by atoms with Gasteiger partial charge in [0.1, 0.15) is 0 Å². The molecule has 0 bridgehead atoms. The molecule has 0 aromatic heterocycles. The summed E-state index contributed by atoms with van der Waals surface area (Å²) in [6.07, 6.45) is 9.94. The molecule has 2 aliphatic rings. The lowest BCUT2D eigenvalue weighted by Gasteiger charge is -2.28. The number of hydrogen-bond donors (Lipinski definition) is 2. The van der Waals surface area contributed by atoms with Gasteiger partial charge in [-0.15, -0.1) is 0 Å². The van der Waals surface area contributed by atoms with E-state index in [1.54, 1.807) is 0 Å². The van der Waals surface area contributed by atoms with Gasteiger partial charge in [-0.1, -0.05) is 25.7 Å². The van der Waals surface area contributed by atoms with Gasteiger partial charge in [0.25, 0.3) is 0 Å². The topological polar surface area (TPSA) is 35.5 Å². The molecule has 2 atom stereocenters. The van der Waals surface area contributed by atoms with E-state index in [-0.39, 0.29) is 6.10 Å². The van der Waals surface area contributed by atoms with Crippen LogP contribution in [0.5, 0.6) is 0 Å². The summed E-state index contributed by atoms with van der Waals surface area (Å²) in [4.78, 5) is 2.56. The zero-order valence-electron chi connectivity index (χ0n) is 11.0. The van der Waals surface area contributed by atoms with Crippen molar-refractivity contribution < 1.29 is 5.11 Å². The molecule has 1 aliphatic carbocycles. The van der Waals surface area contributed by atoms with Crippen molar-refractivity contribution in [2.75, 3.05) is 26.2 Å². The lowest BCUT2D eigenvalue weighted by molar-refractivity contribution is 0.117. The molecule has 0 aromatic rings. The first kappa shape index (κ1) is 13.3. The van der Waals surface area contributed by atoms with Crippen molar-refractivity contribution in [1.82, 2.24) is 10.2 Å². The normalized spacial score (nSPS) is 32.3. The quantitative estimate of drug-likeness (QED) is 0.735. The fraction of sp³-hybridized carbons (Fsp3) is 1.00. The number of likely N-dealkylation sites (tertiary alicyclic amines) is 1. The molecule has 0 amide bonds. The molecule has 1 saturated carbocycles. The van der Waals surface area contributed by atoms with Crippen LogP contribution in [0.1, 0.15) is 51.4 Å². The van der Waals surface area contributed by atoms with Gasteiger partial charge >= 0.3 is 0 Å². The van der Waals surface area contributed by atoms with E-state index in [9.17, 15) is 5.11 Å². The van der Waals surface area contributed by atoms with Crippen LogP contribution in [0.25, 0.3) is 0 Å². The first-order valence-electron chi connectivity index (χ1n) is 7.50. The Balaban J connectivity index is 1.62. The second-order valence-electron chi connectivity index (χ2n) is 5.67. The van der Waals surface area contributed by atoms with E-state index in [1.807, 2.05) is 0 Å². The maximum Gasteiger partial charge on any atom is 0.0693 e. The summed E-state index contributed by atoms with van der Waals surface area (Å²) < 4.78 is 0. The minimum Gasteiger partial charge on any atom is -0.392 e. The van der Waals surface area contributed by atoms with Gasteiger partial charge < -0.3 is 15.3 Å². The molecule has 0 spiro atoms. The van der Waals surface area contributed by atoms with Gasteiger partial charge in [0, 0.05) is 19.1 Å². The van der Waals surface area contributed by atoms with Crippen LogP contribution in [0.4, 0.5) is 0 Å². The highest BCUT2D eigenvalue weighted by atomic mass is 16.3. The number of aliphatic hydroxyl groups is 1. The Kier molecular flexibility index (Phi) is 5.75. The Morgan fingerprint density at radius 2 is 1.65 bits per heavy atom. The number of hydrogen-bond acceptors (Lipinski definition) is 3. The lowest BCUT2D eigenvalue weighted by atomic mass is 10.1. The van der Waals surface area contributed by atoms with Crippen molar-refractivity contribution in [2.24, 2.45) is 0 Å². The van der Waals surface area contributed by atoms with Crippen LogP contribution in [0.3, 0.4) is 0 Å². The standard InChI is InChI=1S/C14H28N2O/c17-14-8-4-1-3-7-13(14)15-9-12-16-10-5-2-6-11-16/h13-15,17H,1-12H2. The third kappa shape index (κ3) is 4.57. The number of nitrogens with one attached hydrogen (secondary N) is 1. The van der Waals surface area contributed by atoms with Crippen LogP contribution >= 0.6 is 0 Å². The van der Waals surface area contributed by atoms with Crippen molar-refractivity contribution in [2.45, 2.75) is 63.5 Å². The van der Waals surface area contributed by atoms with Crippen molar-refractivity contribution in [1.29, 1.82) is 0 Å². The van der Waals surface area contributed by atoms with Crippen molar-refractivity contribution in [3.8, 4) is 0 Å². The van der Waals surface area contributed by atoms with Crippen molar-refractivity contribution in [3.63, 3.8) is 0 Å². The van der Waals surface area contributed by atoms with Crippen molar-refractivity contribution >= 4 is 0 Å². The molecular weight excluding hydrogens is 212 g/mol. The minimum absolute atomic E-state index is 0.112. The molecule has 2 rings (SSSR count). The van der Waals surface area contributed by atoms with Crippen LogP contribution in [-0.4, -0.2) is 48.3 Å². The monoisotopic (exact) mass is 240 g/mol. The maximum atomic E-state index is 10.0. The van der Waals surface area contributed by atoms with Gasteiger partial charge in [0.15, 0.2) is 0 Å². The van der Waals surface area contributed by atoms with Gasteiger partial charge in [0.2, 0.25) is 0 Å². The second kappa shape index (κ2) is 7.34. The highest BCUT2D eigenvalue weighted by Gasteiger charge is 2.21. The lowest BCUT2D eigenvalue weighted by Crippen LogP contribution is -2.43. The van der Waals surface area contributed by atoms with E-state index in [1.165, 1.54) is 51.6 Å². The fourth-order valence-corrected chi connectivity index (χ4v) is 3.12. The summed E-state index contributed by atoms with van der Waals surface area (Å²) in [6.45, 7) is 4.74. The summed E-state index contributed by atoms with van der Waals surface area (Å²) in [6, 6.07) is 0.349.